The van der Waals surface area contributed by atoms with Crippen molar-refractivity contribution in [1.29, 1.82) is 0 Å². The molecule has 1 aromatic carbocycles. The smallest absolute Gasteiger partial charge is 0.251 e. The summed E-state index contributed by atoms with van der Waals surface area (Å²) in [4.78, 5) is 14.8. The highest BCUT2D eigenvalue weighted by Crippen LogP contribution is 2.36. The highest BCUT2D eigenvalue weighted by molar-refractivity contribution is 5.97. The van der Waals surface area contributed by atoms with Gasteiger partial charge in [-0.15, -0.1) is 0 Å². The number of nitrogens with one attached hydrogen (secondary N) is 1. The summed E-state index contributed by atoms with van der Waals surface area (Å²) < 4.78 is 5.72. The van der Waals surface area contributed by atoms with Crippen molar-refractivity contribution >= 4 is 11.6 Å². The number of piperidine rings is 1. The van der Waals surface area contributed by atoms with Crippen molar-refractivity contribution in [1.82, 2.24) is 10.2 Å². The Morgan fingerprint density at radius 3 is 2.81 bits per heavy atom. The number of hydrogen-bond donors (Lipinski definition) is 2. The van der Waals surface area contributed by atoms with Gasteiger partial charge >= 0.3 is 0 Å². The number of nitrogens with zero attached hydrogens (tertiary/aromatic N) is 1. The Hall–Kier alpha value is -1.75. The minimum atomic E-state index is -0.00139. The molecule has 0 saturated carbocycles. The lowest BCUT2D eigenvalue weighted by atomic mass is 10.00. The number of carbonyl (C=O) groups is 1. The van der Waals surface area contributed by atoms with Crippen molar-refractivity contribution in [3.05, 3.63) is 23.3 Å². The van der Waals surface area contributed by atoms with E-state index in [0.29, 0.717) is 17.0 Å². The van der Waals surface area contributed by atoms with Crippen LogP contribution < -0.4 is 15.8 Å². The second-order valence-corrected chi connectivity index (χ2v) is 6.19. The minimum absolute atomic E-state index is 0.00139. The summed E-state index contributed by atoms with van der Waals surface area (Å²) in [5.41, 5.74) is 8.22. The maximum atomic E-state index is 12.6. The van der Waals surface area contributed by atoms with Gasteiger partial charge in [-0.3, -0.25) is 4.79 Å². The molecule has 21 heavy (non-hydrogen) atoms. The predicted molar refractivity (Wildman–Crippen MR) is 82.6 cm³/mol. The summed E-state index contributed by atoms with van der Waals surface area (Å²) in [5.74, 6) is 0.692. The number of carbonyl (C=O) groups excluding carboxylic acids is 1. The van der Waals surface area contributed by atoms with Crippen LogP contribution in [0.5, 0.6) is 5.75 Å². The number of nitrogens with two attached hydrogens (primary N) is 1. The van der Waals surface area contributed by atoms with Crippen LogP contribution in [0, 0.1) is 0 Å². The molecule has 5 nitrogen and oxygen atoms in total. The average Bonchev–Trinajstić information content (AvgIpc) is 2.84. The van der Waals surface area contributed by atoms with E-state index in [1.807, 2.05) is 13.0 Å². The fraction of sp³-hybridized carbons (Fsp3) is 0.562. The zero-order valence-corrected chi connectivity index (χ0v) is 12.7. The van der Waals surface area contributed by atoms with Crippen LogP contribution in [0.3, 0.4) is 0 Å². The van der Waals surface area contributed by atoms with Crippen LogP contribution >= 0.6 is 0 Å². The zero-order chi connectivity index (χ0) is 15.0. The minimum Gasteiger partial charge on any atom is -0.488 e. The quantitative estimate of drug-likeness (QED) is 0.808. The van der Waals surface area contributed by atoms with Crippen LogP contribution in [0.15, 0.2) is 12.1 Å². The fourth-order valence-corrected chi connectivity index (χ4v) is 3.15. The van der Waals surface area contributed by atoms with Gasteiger partial charge in [-0.05, 0) is 52.0 Å². The topological polar surface area (TPSA) is 67.6 Å². The molecule has 1 saturated heterocycles. The number of nitrogen functional groups attached to an aromatic ring is 1. The number of benzene rings is 1. The number of ether oxygens (including phenoxy) is 1. The van der Waals surface area contributed by atoms with Crippen LogP contribution in [0.2, 0.25) is 0 Å². The summed E-state index contributed by atoms with van der Waals surface area (Å²) in [6.07, 6.45) is 2.84. The lowest BCUT2D eigenvalue weighted by molar-refractivity contribution is 0.0916. The van der Waals surface area contributed by atoms with Gasteiger partial charge in [0.2, 0.25) is 0 Å². The van der Waals surface area contributed by atoms with E-state index in [1.54, 1.807) is 6.07 Å². The first kappa shape index (κ1) is 14.2. The molecule has 0 bridgehead atoms. The normalized spacial score (nSPS) is 22.7. The van der Waals surface area contributed by atoms with E-state index in [4.69, 9.17) is 10.5 Å². The van der Waals surface area contributed by atoms with Gasteiger partial charge in [0.05, 0.1) is 5.69 Å². The van der Waals surface area contributed by atoms with E-state index >= 15 is 0 Å². The summed E-state index contributed by atoms with van der Waals surface area (Å²) >= 11 is 0. The molecule has 0 spiro atoms. The van der Waals surface area contributed by atoms with E-state index in [1.165, 1.54) is 0 Å². The summed E-state index contributed by atoms with van der Waals surface area (Å²) in [6.45, 7) is 4.06. The van der Waals surface area contributed by atoms with E-state index in [9.17, 15) is 4.79 Å². The molecule has 2 aliphatic heterocycles. The standard InChI is InChI=1S/C16H23N3O2/c1-10-9-13-12(3-4-14(17)15(13)21-10)16(20)18-11-5-7-19(2)8-6-11/h3-4,10-11H,5-9,17H2,1-2H3,(H,18,20). The lowest BCUT2D eigenvalue weighted by Gasteiger charge is -2.29. The number of hydrogen-bond acceptors (Lipinski definition) is 4. The van der Waals surface area contributed by atoms with Crippen LogP contribution in [-0.2, 0) is 6.42 Å². The number of rotatable bonds is 2. The van der Waals surface area contributed by atoms with Crippen LogP contribution in [0.4, 0.5) is 5.69 Å². The molecule has 0 aliphatic carbocycles. The molecular formula is C16H23N3O2. The third kappa shape index (κ3) is 2.83. The van der Waals surface area contributed by atoms with Gasteiger partial charge in [-0.2, -0.15) is 0 Å². The van der Waals surface area contributed by atoms with E-state index in [2.05, 4.69) is 17.3 Å². The molecule has 3 rings (SSSR count). The van der Waals surface area contributed by atoms with Crippen molar-refractivity contribution in [2.45, 2.75) is 38.3 Å². The average molecular weight is 289 g/mol. The molecule has 2 heterocycles. The molecule has 2 aliphatic rings. The summed E-state index contributed by atoms with van der Waals surface area (Å²) in [7, 11) is 2.11. The summed E-state index contributed by atoms with van der Waals surface area (Å²) in [6, 6.07) is 3.85. The molecule has 0 aromatic heterocycles. The second-order valence-electron chi connectivity index (χ2n) is 6.19. The molecule has 1 unspecified atom stereocenters. The maximum Gasteiger partial charge on any atom is 0.251 e. The Kier molecular flexibility index (Phi) is 3.76. The molecule has 1 fully saturated rings. The monoisotopic (exact) mass is 289 g/mol. The largest absolute Gasteiger partial charge is 0.488 e. The van der Waals surface area contributed by atoms with Crippen LogP contribution in [0.1, 0.15) is 35.7 Å². The van der Waals surface area contributed by atoms with Gasteiger partial charge < -0.3 is 20.7 Å². The Morgan fingerprint density at radius 2 is 2.10 bits per heavy atom. The van der Waals surface area contributed by atoms with Crippen LogP contribution in [0.25, 0.3) is 0 Å². The molecule has 3 N–H and O–H groups in total. The molecule has 114 valence electrons. The molecule has 1 atom stereocenters. The van der Waals surface area contributed by atoms with Crippen molar-refractivity contribution in [2.75, 3.05) is 25.9 Å². The number of amides is 1. The van der Waals surface area contributed by atoms with Gasteiger partial charge in [-0.1, -0.05) is 0 Å². The second kappa shape index (κ2) is 5.56. The van der Waals surface area contributed by atoms with Gasteiger partial charge in [0.25, 0.3) is 5.91 Å². The summed E-state index contributed by atoms with van der Waals surface area (Å²) in [5, 5.41) is 3.16. The van der Waals surface area contributed by atoms with Gasteiger partial charge in [-0.25, -0.2) is 0 Å². The van der Waals surface area contributed by atoms with E-state index in [0.717, 1.165) is 37.9 Å². The van der Waals surface area contributed by atoms with Crippen LogP contribution in [-0.4, -0.2) is 43.1 Å². The maximum absolute atomic E-state index is 12.6. The van der Waals surface area contributed by atoms with E-state index in [-0.39, 0.29) is 18.1 Å². The SMILES string of the molecule is CC1Cc2c(C(=O)NC3CCN(C)CC3)ccc(N)c2O1. The highest BCUT2D eigenvalue weighted by atomic mass is 16.5. The number of anilines is 1. The lowest BCUT2D eigenvalue weighted by Crippen LogP contribution is -2.43. The van der Waals surface area contributed by atoms with Crippen molar-refractivity contribution in [3.8, 4) is 5.75 Å². The first-order chi connectivity index (χ1) is 10.0. The highest BCUT2D eigenvalue weighted by Gasteiger charge is 2.28. The molecule has 1 aromatic rings. The molecule has 0 radical (unpaired) electrons. The van der Waals surface area contributed by atoms with Crippen molar-refractivity contribution in [3.63, 3.8) is 0 Å². The fourth-order valence-electron chi connectivity index (χ4n) is 3.15. The first-order valence-corrected chi connectivity index (χ1v) is 7.62. The Labute approximate surface area is 125 Å². The molecular weight excluding hydrogens is 266 g/mol. The van der Waals surface area contributed by atoms with Gasteiger partial charge in [0.1, 0.15) is 11.9 Å². The third-order valence-corrected chi connectivity index (χ3v) is 4.40. The Morgan fingerprint density at radius 1 is 1.38 bits per heavy atom. The predicted octanol–water partition coefficient (Wildman–Crippen LogP) is 1.42. The van der Waals surface area contributed by atoms with Crippen molar-refractivity contribution in [2.24, 2.45) is 0 Å². The first-order valence-electron chi connectivity index (χ1n) is 7.62. The zero-order valence-electron chi connectivity index (χ0n) is 12.7. The van der Waals surface area contributed by atoms with E-state index < -0.39 is 0 Å². The number of fused-ring (bicyclic) bond motifs is 1. The Balaban J connectivity index is 1.75. The number of likely N-dealkylation sites (tertiary alicyclic amines) is 1. The van der Waals surface area contributed by atoms with Gasteiger partial charge in [0, 0.05) is 23.6 Å². The molecule has 5 heteroatoms. The van der Waals surface area contributed by atoms with Gasteiger partial charge in [0.15, 0.2) is 0 Å². The Bertz CT molecular complexity index is 551. The van der Waals surface area contributed by atoms with Crippen molar-refractivity contribution < 1.29 is 9.53 Å². The third-order valence-electron chi connectivity index (χ3n) is 4.40. The molecule has 1 amide bonds.